The lowest BCUT2D eigenvalue weighted by Crippen LogP contribution is -2.39. The Morgan fingerprint density at radius 1 is 1.46 bits per heavy atom. The number of hydrogen-bond donors (Lipinski definition) is 1. The van der Waals surface area contributed by atoms with Gasteiger partial charge in [0.15, 0.2) is 0 Å². The summed E-state index contributed by atoms with van der Waals surface area (Å²) in [6.45, 7) is 7.75. The van der Waals surface area contributed by atoms with E-state index in [2.05, 4.69) is 25.8 Å². The first-order chi connectivity index (χ1) is 6.09. The van der Waals surface area contributed by atoms with Crippen LogP contribution in [0.5, 0.6) is 0 Å². The van der Waals surface area contributed by atoms with Crippen molar-refractivity contribution in [2.24, 2.45) is 17.1 Å². The number of nitrogens with two attached hydrogens (primary N) is 1. The first-order valence-corrected chi connectivity index (χ1v) is 5.48. The van der Waals surface area contributed by atoms with Crippen molar-refractivity contribution >= 4 is 0 Å². The fraction of sp³-hybridized carbons (Fsp3) is 1.00. The zero-order valence-corrected chi connectivity index (χ0v) is 9.34. The predicted octanol–water partition coefficient (Wildman–Crippen LogP) is 1.70. The van der Waals surface area contributed by atoms with Gasteiger partial charge in [-0.3, -0.25) is 0 Å². The van der Waals surface area contributed by atoms with Crippen LogP contribution in [0.3, 0.4) is 0 Å². The highest BCUT2D eigenvalue weighted by molar-refractivity contribution is 4.81. The zero-order chi connectivity index (χ0) is 9.90. The first-order valence-electron chi connectivity index (χ1n) is 5.48. The van der Waals surface area contributed by atoms with Crippen LogP contribution in [0.4, 0.5) is 0 Å². The van der Waals surface area contributed by atoms with Gasteiger partial charge >= 0.3 is 0 Å². The standard InChI is InChI=1S/C11H24N2/c1-4-11(2,8-12)9-13(3)7-10-5-6-10/h10H,4-9,12H2,1-3H3. The second-order valence-electron chi connectivity index (χ2n) is 5.01. The minimum atomic E-state index is 0.323. The van der Waals surface area contributed by atoms with Crippen molar-refractivity contribution in [1.82, 2.24) is 4.90 Å². The molecule has 0 amide bonds. The molecule has 1 aliphatic carbocycles. The molecule has 0 bridgehead atoms. The van der Waals surface area contributed by atoms with Crippen LogP contribution in [0.15, 0.2) is 0 Å². The molecule has 1 saturated carbocycles. The van der Waals surface area contributed by atoms with Crippen molar-refractivity contribution in [2.75, 3.05) is 26.7 Å². The van der Waals surface area contributed by atoms with Crippen molar-refractivity contribution in [3.8, 4) is 0 Å². The zero-order valence-electron chi connectivity index (χ0n) is 9.34. The summed E-state index contributed by atoms with van der Waals surface area (Å²) >= 11 is 0. The van der Waals surface area contributed by atoms with Crippen molar-refractivity contribution in [3.63, 3.8) is 0 Å². The molecule has 0 aromatic carbocycles. The normalized spacial score (nSPS) is 21.9. The number of rotatable bonds is 6. The minimum Gasteiger partial charge on any atom is -0.330 e. The van der Waals surface area contributed by atoms with Crippen molar-refractivity contribution in [3.05, 3.63) is 0 Å². The molecule has 0 aliphatic heterocycles. The lowest BCUT2D eigenvalue weighted by Gasteiger charge is -2.31. The maximum Gasteiger partial charge on any atom is 0.00444 e. The molecular weight excluding hydrogens is 160 g/mol. The summed E-state index contributed by atoms with van der Waals surface area (Å²) in [5.74, 6) is 0.990. The van der Waals surface area contributed by atoms with Crippen molar-refractivity contribution < 1.29 is 0 Å². The van der Waals surface area contributed by atoms with E-state index in [4.69, 9.17) is 5.73 Å². The van der Waals surface area contributed by atoms with Gasteiger partial charge in [-0.05, 0) is 44.2 Å². The second kappa shape index (κ2) is 4.43. The Bertz CT molecular complexity index is 148. The molecule has 1 aliphatic rings. The fourth-order valence-corrected chi connectivity index (χ4v) is 1.78. The molecule has 0 aromatic rings. The predicted molar refractivity (Wildman–Crippen MR) is 57.7 cm³/mol. The van der Waals surface area contributed by atoms with Gasteiger partial charge in [0, 0.05) is 13.1 Å². The van der Waals surface area contributed by atoms with Crippen LogP contribution in [-0.4, -0.2) is 31.6 Å². The Hall–Kier alpha value is -0.0800. The van der Waals surface area contributed by atoms with Gasteiger partial charge in [0.25, 0.3) is 0 Å². The third-order valence-electron chi connectivity index (χ3n) is 3.26. The molecule has 1 unspecified atom stereocenters. The summed E-state index contributed by atoms with van der Waals surface area (Å²) in [5, 5.41) is 0. The molecule has 0 saturated heterocycles. The summed E-state index contributed by atoms with van der Waals surface area (Å²) in [6, 6.07) is 0. The number of hydrogen-bond acceptors (Lipinski definition) is 2. The average molecular weight is 184 g/mol. The second-order valence-corrected chi connectivity index (χ2v) is 5.01. The van der Waals surface area contributed by atoms with Crippen molar-refractivity contribution in [2.45, 2.75) is 33.1 Å². The van der Waals surface area contributed by atoms with E-state index in [9.17, 15) is 0 Å². The quantitative estimate of drug-likeness (QED) is 0.681. The van der Waals surface area contributed by atoms with E-state index in [-0.39, 0.29) is 0 Å². The summed E-state index contributed by atoms with van der Waals surface area (Å²) < 4.78 is 0. The number of nitrogens with zero attached hydrogens (tertiary/aromatic N) is 1. The van der Waals surface area contributed by atoms with Crippen LogP contribution in [0, 0.1) is 11.3 Å². The van der Waals surface area contributed by atoms with E-state index in [1.165, 1.54) is 25.8 Å². The smallest absolute Gasteiger partial charge is 0.00444 e. The summed E-state index contributed by atoms with van der Waals surface area (Å²) in [4.78, 5) is 2.45. The lowest BCUT2D eigenvalue weighted by atomic mass is 9.87. The molecule has 1 rings (SSSR count). The Morgan fingerprint density at radius 3 is 2.46 bits per heavy atom. The average Bonchev–Trinajstić information content (AvgIpc) is 2.88. The van der Waals surface area contributed by atoms with E-state index in [0.29, 0.717) is 5.41 Å². The summed E-state index contributed by atoms with van der Waals surface area (Å²) in [7, 11) is 2.22. The van der Waals surface area contributed by atoms with Gasteiger partial charge < -0.3 is 10.6 Å². The SMILES string of the molecule is CCC(C)(CN)CN(C)CC1CC1. The molecule has 2 N–H and O–H groups in total. The third-order valence-corrected chi connectivity index (χ3v) is 3.26. The van der Waals surface area contributed by atoms with Crippen LogP contribution < -0.4 is 5.73 Å². The molecule has 78 valence electrons. The van der Waals surface area contributed by atoms with Gasteiger partial charge in [-0.25, -0.2) is 0 Å². The Morgan fingerprint density at radius 2 is 2.08 bits per heavy atom. The maximum atomic E-state index is 5.79. The molecule has 0 radical (unpaired) electrons. The van der Waals surface area contributed by atoms with Gasteiger partial charge in [0.05, 0.1) is 0 Å². The Balaban J connectivity index is 2.26. The van der Waals surface area contributed by atoms with Crippen LogP contribution in [-0.2, 0) is 0 Å². The van der Waals surface area contributed by atoms with Gasteiger partial charge in [0.1, 0.15) is 0 Å². The van der Waals surface area contributed by atoms with Crippen LogP contribution in [0.1, 0.15) is 33.1 Å². The highest BCUT2D eigenvalue weighted by atomic mass is 15.1. The highest BCUT2D eigenvalue weighted by Crippen LogP contribution is 2.30. The van der Waals surface area contributed by atoms with Gasteiger partial charge in [-0.2, -0.15) is 0 Å². The van der Waals surface area contributed by atoms with Gasteiger partial charge in [-0.1, -0.05) is 13.8 Å². The van der Waals surface area contributed by atoms with E-state index in [1.807, 2.05) is 0 Å². The van der Waals surface area contributed by atoms with Crippen LogP contribution >= 0.6 is 0 Å². The van der Waals surface area contributed by atoms with Gasteiger partial charge in [0.2, 0.25) is 0 Å². The third kappa shape index (κ3) is 3.65. The Kier molecular flexibility index (Phi) is 3.74. The van der Waals surface area contributed by atoms with Crippen LogP contribution in [0.2, 0.25) is 0 Å². The van der Waals surface area contributed by atoms with E-state index < -0.39 is 0 Å². The fourth-order valence-electron chi connectivity index (χ4n) is 1.78. The molecule has 0 spiro atoms. The highest BCUT2D eigenvalue weighted by Gasteiger charge is 2.27. The molecule has 2 heteroatoms. The molecule has 0 aromatic heterocycles. The van der Waals surface area contributed by atoms with Crippen molar-refractivity contribution in [1.29, 1.82) is 0 Å². The molecule has 0 heterocycles. The molecule has 1 atom stereocenters. The van der Waals surface area contributed by atoms with E-state index in [0.717, 1.165) is 19.0 Å². The maximum absolute atomic E-state index is 5.79. The van der Waals surface area contributed by atoms with E-state index >= 15 is 0 Å². The lowest BCUT2D eigenvalue weighted by molar-refractivity contribution is 0.187. The monoisotopic (exact) mass is 184 g/mol. The summed E-state index contributed by atoms with van der Waals surface area (Å²) in [6.07, 6.45) is 4.06. The minimum absolute atomic E-state index is 0.323. The van der Waals surface area contributed by atoms with E-state index in [1.54, 1.807) is 0 Å². The first kappa shape index (κ1) is 11.0. The molecule has 13 heavy (non-hydrogen) atoms. The van der Waals surface area contributed by atoms with Crippen LogP contribution in [0.25, 0.3) is 0 Å². The summed E-state index contributed by atoms with van der Waals surface area (Å²) in [5.41, 5.74) is 6.11. The Labute approximate surface area is 82.5 Å². The largest absolute Gasteiger partial charge is 0.330 e. The molecule has 1 fully saturated rings. The molecular formula is C11H24N2. The molecule has 2 nitrogen and oxygen atoms in total. The van der Waals surface area contributed by atoms with Gasteiger partial charge in [-0.15, -0.1) is 0 Å². The topological polar surface area (TPSA) is 29.3 Å².